The quantitative estimate of drug-likeness (QED) is 0.316. The molecule has 0 unspecified atom stereocenters. The van der Waals surface area contributed by atoms with Gasteiger partial charge in [0.2, 0.25) is 5.95 Å². The Balaban J connectivity index is 1.33. The van der Waals surface area contributed by atoms with Gasteiger partial charge in [-0.1, -0.05) is 29.8 Å². The number of benzene rings is 2. The molecular formula is C23H21N5O5. The number of aromatic nitrogens is 3. The van der Waals surface area contributed by atoms with E-state index in [1.807, 2.05) is 25.1 Å². The summed E-state index contributed by atoms with van der Waals surface area (Å²) in [6.45, 7) is 4.26. The van der Waals surface area contributed by atoms with Gasteiger partial charge in [0.1, 0.15) is 24.4 Å². The van der Waals surface area contributed by atoms with Gasteiger partial charge in [0.25, 0.3) is 11.6 Å². The molecule has 0 radical (unpaired) electrons. The first-order valence-electron chi connectivity index (χ1n) is 10.1. The van der Waals surface area contributed by atoms with E-state index >= 15 is 0 Å². The lowest BCUT2D eigenvalue weighted by Gasteiger charge is -2.05. The molecule has 10 nitrogen and oxygen atoms in total. The number of nitrogens with one attached hydrogen (secondary N) is 1. The number of furan rings is 1. The van der Waals surface area contributed by atoms with Gasteiger partial charge in [-0.15, -0.1) is 5.10 Å². The topological polar surface area (TPSA) is 125 Å². The molecule has 2 aromatic carbocycles. The molecule has 2 heterocycles. The SMILES string of the molecule is Cc1cccc(Cn2cnc(NC(=O)c3ccc(COc4ccc([N+](=O)[O-])c(C)c4)o3)n2)c1. The first-order valence-corrected chi connectivity index (χ1v) is 10.1. The second-order valence-corrected chi connectivity index (χ2v) is 7.47. The Morgan fingerprint density at radius 3 is 2.79 bits per heavy atom. The number of hydrogen-bond acceptors (Lipinski definition) is 7. The second-order valence-electron chi connectivity index (χ2n) is 7.47. The van der Waals surface area contributed by atoms with Crippen molar-refractivity contribution in [3.63, 3.8) is 0 Å². The van der Waals surface area contributed by atoms with Crippen LogP contribution in [0.3, 0.4) is 0 Å². The molecule has 0 saturated heterocycles. The summed E-state index contributed by atoms with van der Waals surface area (Å²) in [5.74, 6) is 0.658. The molecule has 1 N–H and O–H groups in total. The van der Waals surface area contributed by atoms with E-state index < -0.39 is 10.8 Å². The van der Waals surface area contributed by atoms with E-state index in [-0.39, 0.29) is 24.0 Å². The highest BCUT2D eigenvalue weighted by atomic mass is 16.6. The van der Waals surface area contributed by atoms with Crippen molar-refractivity contribution in [2.24, 2.45) is 0 Å². The summed E-state index contributed by atoms with van der Waals surface area (Å²) in [6.07, 6.45) is 1.55. The van der Waals surface area contributed by atoms with Crippen LogP contribution in [0.4, 0.5) is 11.6 Å². The number of carbonyl (C=O) groups is 1. The van der Waals surface area contributed by atoms with Gasteiger partial charge in [0.05, 0.1) is 11.5 Å². The zero-order chi connectivity index (χ0) is 23.4. The maximum atomic E-state index is 12.5. The first-order chi connectivity index (χ1) is 15.9. The summed E-state index contributed by atoms with van der Waals surface area (Å²) in [7, 11) is 0. The number of carbonyl (C=O) groups excluding carboxylic acids is 1. The fraction of sp³-hybridized carbons (Fsp3) is 0.174. The number of rotatable bonds is 8. The number of nitro groups is 1. The largest absolute Gasteiger partial charge is 0.486 e. The smallest absolute Gasteiger partial charge is 0.293 e. The number of anilines is 1. The fourth-order valence-electron chi connectivity index (χ4n) is 3.24. The van der Waals surface area contributed by atoms with Crippen molar-refractivity contribution in [1.29, 1.82) is 0 Å². The third kappa shape index (κ3) is 5.42. The van der Waals surface area contributed by atoms with Crippen molar-refractivity contribution < 1.29 is 18.9 Å². The molecule has 0 bridgehead atoms. The summed E-state index contributed by atoms with van der Waals surface area (Å²) >= 11 is 0. The van der Waals surface area contributed by atoms with E-state index in [9.17, 15) is 14.9 Å². The Labute approximate surface area is 189 Å². The van der Waals surface area contributed by atoms with Crippen molar-refractivity contribution in [2.75, 3.05) is 5.32 Å². The summed E-state index contributed by atoms with van der Waals surface area (Å²) in [5.41, 5.74) is 2.75. The number of aryl methyl sites for hydroxylation is 2. The standard InChI is InChI=1S/C23H21N5O5/c1-15-4-3-5-17(10-15)12-27-14-24-23(26-27)25-22(29)21-9-7-19(33-21)13-32-18-6-8-20(28(30)31)16(2)11-18/h3-11,14H,12-13H2,1-2H3,(H,25,26,29). The van der Waals surface area contributed by atoms with Crippen molar-refractivity contribution in [1.82, 2.24) is 14.8 Å². The highest BCUT2D eigenvalue weighted by molar-refractivity contribution is 6.01. The molecule has 0 aliphatic heterocycles. The second kappa shape index (κ2) is 9.35. The Morgan fingerprint density at radius 2 is 2.03 bits per heavy atom. The molecule has 0 saturated carbocycles. The number of hydrogen-bond donors (Lipinski definition) is 1. The van der Waals surface area contributed by atoms with E-state index in [1.54, 1.807) is 30.1 Å². The van der Waals surface area contributed by atoms with Crippen LogP contribution in [0.2, 0.25) is 0 Å². The molecule has 0 aliphatic carbocycles. The van der Waals surface area contributed by atoms with Crippen LogP contribution in [-0.4, -0.2) is 25.6 Å². The predicted molar refractivity (Wildman–Crippen MR) is 119 cm³/mol. The number of ether oxygens (including phenoxy) is 1. The minimum absolute atomic E-state index is 0.0224. The van der Waals surface area contributed by atoms with Crippen LogP contribution in [0.15, 0.2) is 65.3 Å². The number of nitrogens with zero attached hydrogens (tertiary/aromatic N) is 4. The zero-order valence-corrected chi connectivity index (χ0v) is 18.0. The minimum Gasteiger partial charge on any atom is -0.486 e. The summed E-state index contributed by atoms with van der Waals surface area (Å²) < 4.78 is 12.8. The predicted octanol–water partition coefficient (Wildman–Crippen LogP) is 4.28. The van der Waals surface area contributed by atoms with Gasteiger partial charge < -0.3 is 9.15 Å². The zero-order valence-electron chi connectivity index (χ0n) is 18.0. The highest BCUT2D eigenvalue weighted by Crippen LogP contribution is 2.24. The summed E-state index contributed by atoms with van der Waals surface area (Å²) in [5, 5.41) is 17.8. The molecule has 0 atom stereocenters. The molecule has 10 heteroatoms. The van der Waals surface area contributed by atoms with Gasteiger partial charge in [-0.3, -0.25) is 20.2 Å². The van der Waals surface area contributed by atoms with E-state index in [2.05, 4.69) is 21.5 Å². The molecule has 33 heavy (non-hydrogen) atoms. The van der Waals surface area contributed by atoms with Crippen LogP contribution in [0, 0.1) is 24.0 Å². The molecule has 1 amide bonds. The van der Waals surface area contributed by atoms with Crippen molar-refractivity contribution in [2.45, 2.75) is 27.0 Å². The molecule has 4 rings (SSSR count). The maximum absolute atomic E-state index is 12.5. The van der Waals surface area contributed by atoms with Crippen LogP contribution in [-0.2, 0) is 13.2 Å². The molecule has 0 fully saturated rings. The van der Waals surface area contributed by atoms with Gasteiger partial charge in [-0.2, -0.15) is 0 Å². The average Bonchev–Trinajstić information content (AvgIpc) is 3.42. The van der Waals surface area contributed by atoms with E-state index in [4.69, 9.17) is 9.15 Å². The van der Waals surface area contributed by atoms with Crippen molar-refractivity contribution in [3.8, 4) is 5.75 Å². The van der Waals surface area contributed by atoms with Crippen LogP contribution in [0.25, 0.3) is 0 Å². The van der Waals surface area contributed by atoms with Gasteiger partial charge in [-0.25, -0.2) is 9.67 Å². The lowest BCUT2D eigenvalue weighted by atomic mass is 10.1. The highest BCUT2D eigenvalue weighted by Gasteiger charge is 2.15. The van der Waals surface area contributed by atoms with E-state index in [0.717, 1.165) is 11.1 Å². The summed E-state index contributed by atoms with van der Waals surface area (Å²) in [6, 6.07) is 15.7. The first kappa shape index (κ1) is 21.8. The number of amides is 1. The molecule has 4 aromatic rings. The molecule has 0 spiro atoms. The minimum atomic E-state index is -0.485. The number of nitro benzene ring substituents is 1. The van der Waals surface area contributed by atoms with Gasteiger partial charge in [0.15, 0.2) is 5.76 Å². The molecule has 0 aliphatic rings. The molecular weight excluding hydrogens is 426 g/mol. The van der Waals surface area contributed by atoms with Gasteiger partial charge in [-0.05, 0) is 43.7 Å². The Kier molecular flexibility index (Phi) is 6.16. The van der Waals surface area contributed by atoms with E-state index in [1.165, 1.54) is 18.2 Å². The lowest BCUT2D eigenvalue weighted by Crippen LogP contribution is -2.12. The normalized spacial score (nSPS) is 10.7. The van der Waals surface area contributed by atoms with Crippen molar-refractivity contribution >= 4 is 17.5 Å². The monoisotopic (exact) mass is 447 g/mol. The van der Waals surface area contributed by atoms with Crippen LogP contribution >= 0.6 is 0 Å². The molecule has 2 aromatic heterocycles. The van der Waals surface area contributed by atoms with E-state index in [0.29, 0.717) is 23.6 Å². The fourth-order valence-corrected chi connectivity index (χ4v) is 3.24. The van der Waals surface area contributed by atoms with Crippen molar-refractivity contribution in [3.05, 3.63) is 99.2 Å². The lowest BCUT2D eigenvalue weighted by molar-refractivity contribution is -0.385. The maximum Gasteiger partial charge on any atom is 0.293 e. The molecule has 168 valence electrons. The van der Waals surface area contributed by atoms with Gasteiger partial charge in [0, 0.05) is 11.6 Å². The third-order valence-electron chi connectivity index (χ3n) is 4.82. The Hall–Kier alpha value is -4.47. The average molecular weight is 447 g/mol. The van der Waals surface area contributed by atoms with Crippen LogP contribution in [0.1, 0.15) is 33.0 Å². The van der Waals surface area contributed by atoms with Gasteiger partial charge >= 0.3 is 0 Å². The Bertz CT molecular complexity index is 1310. The van der Waals surface area contributed by atoms with Crippen LogP contribution in [0.5, 0.6) is 5.75 Å². The van der Waals surface area contributed by atoms with Crippen LogP contribution < -0.4 is 10.1 Å². The summed E-state index contributed by atoms with van der Waals surface area (Å²) in [4.78, 5) is 27.0. The third-order valence-corrected chi connectivity index (χ3v) is 4.82. The Morgan fingerprint density at radius 1 is 1.18 bits per heavy atom.